The highest BCUT2D eigenvalue weighted by Gasteiger charge is 2.37. The van der Waals surface area contributed by atoms with Crippen LogP contribution >= 0.6 is 0 Å². The first kappa shape index (κ1) is 32.1. The van der Waals surface area contributed by atoms with Crippen molar-refractivity contribution in [2.24, 2.45) is 11.3 Å². The molecule has 1 N–H and O–H groups in total. The summed E-state index contributed by atoms with van der Waals surface area (Å²) in [4.78, 5) is 15.3. The molecule has 1 fully saturated rings. The van der Waals surface area contributed by atoms with Crippen molar-refractivity contribution in [1.82, 2.24) is 5.32 Å². The zero-order valence-corrected chi connectivity index (χ0v) is 26.2. The Morgan fingerprint density at radius 2 is 1.83 bits per heavy atom. The Morgan fingerprint density at radius 3 is 2.57 bits per heavy atom. The molecule has 1 aliphatic carbocycles. The molecule has 1 amide bonds. The van der Waals surface area contributed by atoms with Gasteiger partial charge in [0.25, 0.3) is 0 Å². The van der Waals surface area contributed by atoms with Crippen molar-refractivity contribution in [3.05, 3.63) is 53.6 Å². The topological polar surface area (TPSA) is 78.5 Å². The summed E-state index contributed by atoms with van der Waals surface area (Å²) in [6, 6.07) is 14.8. The molecule has 1 heterocycles. The average molecular weight is 583 g/mol. The maximum atomic E-state index is 12.9. The minimum Gasteiger partial charge on any atom is -0.497 e. The van der Waals surface area contributed by atoms with Gasteiger partial charge in [-0.3, -0.25) is 4.79 Å². The first-order chi connectivity index (χ1) is 20.3. The van der Waals surface area contributed by atoms with E-state index in [2.05, 4.69) is 54.4 Å². The van der Waals surface area contributed by atoms with E-state index < -0.39 is 5.41 Å². The third-order valence-corrected chi connectivity index (χ3v) is 8.67. The summed E-state index contributed by atoms with van der Waals surface area (Å²) >= 11 is 0. The molecule has 2 aliphatic rings. The van der Waals surface area contributed by atoms with Crippen molar-refractivity contribution >= 4 is 11.6 Å². The Labute approximate surface area is 252 Å². The molecular weight excluding hydrogens is 532 g/mol. The van der Waals surface area contributed by atoms with E-state index in [0.717, 1.165) is 74.6 Å². The van der Waals surface area contributed by atoms with Crippen molar-refractivity contribution in [1.29, 1.82) is 0 Å². The second kappa shape index (κ2) is 15.6. The fourth-order valence-corrected chi connectivity index (χ4v) is 6.38. The van der Waals surface area contributed by atoms with Gasteiger partial charge in [-0.05, 0) is 73.4 Å². The van der Waals surface area contributed by atoms with E-state index in [1.165, 1.54) is 5.56 Å². The maximum Gasteiger partial charge on any atom is 0.225 e. The molecule has 3 atom stereocenters. The van der Waals surface area contributed by atoms with Crippen LogP contribution in [-0.4, -0.2) is 72.8 Å². The second-order valence-electron chi connectivity index (χ2n) is 12.2. The molecule has 2 aromatic rings. The number of carbonyl (C=O) groups is 1. The lowest BCUT2D eigenvalue weighted by atomic mass is 9.70. The summed E-state index contributed by atoms with van der Waals surface area (Å²) in [6.45, 7) is 8.99. The van der Waals surface area contributed by atoms with Crippen molar-refractivity contribution in [3.63, 3.8) is 0 Å². The summed E-state index contributed by atoms with van der Waals surface area (Å²) < 4.78 is 28.4. The van der Waals surface area contributed by atoms with Crippen LogP contribution in [0.15, 0.2) is 42.5 Å². The quantitative estimate of drug-likeness (QED) is 0.275. The average Bonchev–Trinajstić information content (AvgIpc) is 3.00. The van der Waals surface area contributed by atoms with Crippen LogP contribution in [0.2, 0.25) is 0 Å². The van der Waals surface area contributed by atoms with Gasteiger partial charge < -0.3 is 33.9 Å². The minimum absolute atomic E-state index is 0.0894. The van der Waals surface area contributed by atoms with E-state index in [1.54, 1.807) is 21.3 Å². The molecule has 0 spiro atoms. The van der Waals surface area contributed by atoms with E-state index >= 15 is 0 Å². The van der Waals surface area contributed by atoms with Crippen LogP contribution in [0.1, 0.15) is 63.0 Å². The predicted molar refractivity (Wildman–Crippen MR) is 166 cm³/mol. The highest BCUT2D eigenvalue weighted by atomic mass is 16.5. The summed E-state index contributed by atoms with van der Waals surface area (Å²) in [5.74, 6) is 2.55. The minimum atomic E-state index is -0.448. The van der Waals surface area contributed by atoms with Crippen LogP contribution in [0, 0.1) is 11.3 Å². The number of benzene rings is 2. The molecule has 8 heteroatoms. The maximum absolute atomic E-state index is 12.9. The molecule has 0 aromatic heterocycles. The summed E-state index contributed by atoms with van der Waals surface area (Å²) in [5, 5.41) is 3.03. The van der Waals surface area contributed by atoms with Gasteiger partial charge in [0, 0.05) is 45.2 Å². The van der Waals surface area contributed by atoms with Gasteiger partial charge in [0.05, 0.1) is 38.7 Å². The first-order valence-corrected chi connectivity index (χ1v) is 15.4. The largest absolute Gasteiger partial charge is 0.497 e. The number of anilines is 1. The number of fused-ring (bicyclic) bond motifs is 1. The van der Waals surface area contributed by atoms with Crippen molar-refractivity contribution < 1.29 is 28.5 Å². The SMILES string of the molecule is COCCCN1CCOc2ccc(CO[C@H]3CC[C@H](CC(C)(C)C(=O)NCCOC)C[C@@H]3c3ccc(OC)cc3)cc21. The molecular formula is C34H50N2O6. The summed E-state index contributed by atoms with van der Waals surface area (Å²) in [6.07, 6.45) is 4.90. The fraction of sp³-hybridized carbons (Fsp3) is 0.618. The molecule has 0 saturated heterocycles. The molecule has 1 aliphatic heterocycles. The monoisotopic (exact) mass is 582 g/mol. The Bertz CT molecular complexity index is 1120. The molecule has 0 radical (unpaired) electrons. The highest BCUT2D eigenvalue weighted by Crippen LogP contribution is 2.43. The van der Waals surface area contributed by atoms with E-state index in [4.69, 9.17) is 23.7 Å². The lowest BCUT2D eigenvalue weighted by molar-refractivity contribution is -0.130. The normalized spacial score (nSPS) is 20.5. The second-order valence-corrected chi connectivity index (χ2v) is 12.2. The van der Waals surface area contributed by atoms with Gasteiger partial charge in [-0.2, -0.15) is 0 Å². The number of nitrogens with zero attached hydrogens (tertiary/aromatic N) is 1. The van der Waals surface area contributed by atoms with Crippen LogP contribution in [0.5, 0.6) is 11.5 Å². The number of ether oxygens (including phenoxy) is 5. The van der Waals surface area contributed by atoms with Crippen LogP contribution in [0.25, 0.3) is 0 Å². The number of nitrogens with one attached hydrogen (secondary N) is 1. The van der Waals surface area contributed by atoms with E-state index in [9.17, 15) is 4.79 Å². The Kier molecular flexibility index (Phi) is 11.9. The first-order valence-electron chi connectivity index (χ1n) is 15.4. The summed E-state index contributed by atoms with van der Waals surface area (Å²) in [5.41, 5.74) is 3.10. The zero-order valence-electron chi connectivity index (χ0n) is 26.2. The van der Waals surface area contributed by atoms with Gasteiger partial charge in [-0.25, -0.2) is 0 Å². The lowest BCUT2D eigenvalue weighted by Gasteiger charge is -2.39. The molecule has 0 unspecified atom stereocenters. The van der Waals surface area contributed by atoms with Gasteiger partial charge in [-0.1, -0.05) is 32.0 Å². The number of hydrogen-bond acceptors (Lipinski definition) is 7. The van der Waals surface area contributed by atoms with Crippen molar-refractivity contribution in [2.45, 2.75) is 64.6 Å². The Balaban J connectivity index is 1.44. The molecule has 2 aromatic carbocycles. The number of carbonyl (C=O) groups excluding carboxylic acids is 1. The number of hydrogen-bond donors (Lipinski definition) is 1. The van der Waals surface area contributed by atoms with Gasteiger partial charge in [0.2, 0.25) is 5.91 Å². The zero-order chi connectivity index (χ0) is 30.0. The van der Waals surface area contributed by atoms with Crippen molar-refractivity contribution in [3.8, 4) is 11.5 Å². The number of methoxy groups -OCH3 is 3. The van der Waals surface area contributed by atoms with E-state index in [0.29, 0.717) is 32.3 Å². The third-order valence-electron chi connectivity index (χ3n) is 8.67. The van der Waals surface area contributed by atoms with Crippen LogP contribution < -0.4 is 19.7 Å². The number of amides is 1. The lowest BCUT2D eigenvalue weighted by Crippen LogP contribution is -2.41. The van der Waals surface area contributed by atoms with E-state index in [1.807, 2.05) is 12.1 Å². The van der Waals surface area contributed by atoms with Gasteiger partial charge >= 0.3 is 0 Å². The van der Waals surface area contributed by atoms with Crippen LogP contribution in [0.4, 0.5) is 5.69 Å². The van der Waals surface area contributed by atoms with Gasteiger partial charge in [-0.15, -0.1) is 0 Å². The standard InChI is InChI=1S/C34H50N2O6/c1-34(2,33(37)35-15-19-39-4)23-25-7-13-31(29(21-25)27-9-11-28(40-5)12-10-27)42-24-26-8-14-32-30(22-26)36(17-20-41-32)16-6-18-38-3/h8-12,14,22,25,29,31H,6-7,13,15-21,23-24H2,1-5H3,(H,35,37)/t25-,29+,31-/m0/s1. The van der Waals surface area contributed by atoms with Gasteiger partial charge in [0.15, 0.2) is 0 Å². The molecule has 0 bridgehead atoms. The van der Waals surface area contributed by atoms with Gasteiger partial charge in [0.1, 0.15) is 18.1 Å². The third kappa shape index (κ3) is 8.62. The Morgan fingerprint density at radius 1 is 1.05 bits per heavy atom. The van der Waals surface area contributed by atoms with Crippen molar-refractivity contribution in [2.75, 3.05) is 65.7 Å². The number of rotatable bonds is 15. The molecule has 1 saturated carbocycles. The van der Waals surface area contributed by atoms with E-state index in [-0.39, 0.29) is 17.9 Å². The Hall–Kier alpha value is -2.81. The van der Waals surface area contributed by atoms with Crippen LogP contribution in [-0.2, 0) is 25.6 Å². The smallest absolute Gasteiger partial charge is 0.225 e. The van der Waals surface area contributed by atoms with Crippen LogP contribution in [0.3, 0.4) is 0 Å². The molecule has 4 rings (SSSR count). The fourth-order valence-electron chi connectivity index (χ4n) is 6.38. The molecule has 8 nitrogen and oxygen atoms in total. The summed E-state index contributed by atoms with van der Waals surface area (Å²) in [7, 11) is 5.09. The molecule has 232 valence electrons. The predicted octanol–water partition coefficient (Wildman–Crippen LogP) is 5.58. The highest BCUT2D eigenvalue weighted by molar-refractivity contribution is 5.81. The molecule has 42 heavy (non-hydrogen) atoms.